The first-order valence-electron chi connectivity index (χ1n) is 20.5. The van der Waals surface area contributed by atoms with Crippen molar-refractivity contribution in [3.8, 4) is 98.3 Å². The quantitative estimate of drug-likeness (QED) is 0.109. The van der Waals surface area contributed by atoms with Crippen LogP contribution in [-0.4, -0.2) is 147 Å². The lowest BCUT2D eigenvalue weighted by atomic mass is 10.2. The van der Waals surface area contributed by atoms with Gasteiger partial charge in [-0.2, -0.15) is 0 Å². The summed E-state index contributed by atoms with van der Waals surface area (Å²) >= 11 is 9.02. The van der Waals surface area contributed by atoms with Gasteiger partial charge in [0.05, 0.1) is 68.9 Å². The normalized spacial score (nSPS) is 22.6. The number of aliphatic hydroxyl groups excluding tert-OH is 6. The monoisotopic (exact) mass is 1030 g/mol. The molecule has 0 radical (unpaired) electrons. The fraction of sp³-hybridized carbons (Fsp3) is 0.429. The van der Waals surface area contributed by atoms with Crippen molar-refractivity contribution in [3.05, 3.63) is 32.3 Å². The van der Waals surface area contributed by atoms with E-state index in [9.17, 15) is 15.3 Å². The number of fused-ring (bicyclic) bond motifs is 6. The maximum Gasteiger partial charge on any atom is 0.181 e. The number of hydrogen-bond donors (Lipinski definition) is 6. The summed E-state index contributed by atoms with van der Waals surface area (Å²) in [6, 6.07) is 0. The van der Waals surface area contributed by atoms with E-state index in [2.05, 4.69) is 0 Å². The fourth-order valence-corrected chi connectivity index (χ4v) is 13.1. The van der Waals surface area contributed by atoms with Gasteiger partial charge in [-0.15, -0.1) is 68.0 Å². The minimum atomic E-state index is -0.362. The molecule has 6 aromatic rings. The molecule has 6 aliphatic rings. The Hall–Kier alpha value is -4.44. The molecule has 0 saturated heterocycles. The average Bonchev–Trinajstić information content (AvgIpc) is 4.25. The van der Waals surface area contributed by atoms with Crippen LogP contribution >= 0.6 is 68.0 Å². The average molecular weight is 1030 g/mol. The van der Waals surface area contributed by atoms with Crippen molar-refractivity contribution in [3.63, 3.8) is 0 Å². The first-order valence-corrected chi connectivity index (χ1v) is 25.8. The summed E-state index contributed by atoms with van der Waals surface area (Å²) in [4.78, 5) is 5.47. The van der Waals surface area contributed by atoms with Gasteiger partial charge in [-0.3, -0.25) is 0 Å². The van der Waals surface area contributed by atoms with Crippen molar-refractivity contribution in [2.24, 2.45) is 0 Å². The number of rotatable bonds is 9. The van der Waals surface area contributed by atoms with Crippen molar-refractivity contribution in [1.82, 2.24) is 0 Å². The third-order valence-electron chi connectivity index (χ3n) is 10.4. The Morgan fingerprint density at radius 2 is 0.500 bits per heavy atom. The highest BCUT2D eigenvalue weighted by Gasteiger charge is 2.35. The van der Waals surface area contributed by atoms with Crippen LogP contribution in [0.15, 0.2) is 32.3 Å². The van der Waals surface area contributed by atoms with Crippen LogP contribution in [0.3, 0.4) is 0 Å². The second kappa shape index (κ2) is 20.0. The maximum atomic E-state index is 9.26. The zero-order chi connectivity index (χ0) is 45.3. The van der Waals surface area contributed by atoms with Crippen LogP contribution in [0.2, 0.25) is 0 Å². The third-order valence-corrected chi connectivity index (χ3v) is 16.5. The molecule has 6 unspecified atom stereocenters. The first kappa shape index (κ1) is 45.3. The van der Waals surface area contributed by atoms with E-state index in [1.54, 1.807) is 0 Å². The lowest BCUT2D eigenvalue weighted by Crippen LogP contribution is -2.32. The highest BCUT2D eigenvalue weighted by atomic mass is 32.1. The number of ether oxygens (including phenoxy) is 12. The van der Waals surface area contributed by atoms with Gasteiger partial charge in [0.2, 0.25) is 0 Å². The summed E-state index contributed by atoms with van der Waals surface area (Å²) < 4.78 is 68.6. The van der Waals surface area contributed by atoms with E-state index < -0.39 is 0 Å². The molecule has 354 valence electrons. The van der Waals surface area contributed by atoms with Crippen LogP contribution in [0.5, 0.6) is 69.0 Å². The molecule has 6 aliphatic heterocycles. The predicted octanol–water partition coefficient (Wildman–Crippen LogP) is 5.22. The van der Waals surface area contributed by atoms with Gasteiger partial charge in [-0.25, -0.2) is 0 Å². The van der Waals surface area contributed by atoms with Crippen LogP contribution in [0.4, 0.5) is 0 Å². The fourth-order valence-electron chi connectivity index (χ4n) is 7.08. The molecule has 0 spiro atoms. The topological polar surface area (TPSA) is 232 Å². The van der Waals surface area contributed by atoms with Gasteiger partial charge < -0.3 is 87.5 Å². The summed E-state index contributed by atoms with van der Waals surface area (Å²) in [5.41, 5.74) is 0. The predicted molar refractivity (Wildman–Crippen MR) is 245 cm³/mol. The summed E-state index contributed by atoms with van der Waals surface area (Å²) in [5.74, 6) is 7.96. The Morgan fingerprint density at radius 1 is 0.288 bits per heavy atom. The van der Waals surface area contributed by atoms with E-state index in [0.29, 0.717) is 109 Å². The summed E-state index contributed by atoms with van der Waals surface area (Å²) in [6.07, 6.45) is -2.05. The van der Waals surface area contributed by atoms with Crippen molar-refractivity contribution in [1.29, 1.82) is 0 Å². The first-order chi connectivity index (χ1) is 32.4. The van der Waals surface area contributed by atoms with Gasteiger partial charge in [0.25, 0.3) is 0 Å². The van der Waals surface area contributed by atoms with Crippen LogP contribution in [-0.2, 0) is 0 Å². The van der Waals surface area contributed by atoms with Gasteiger partial charge in [-0.1, -0.05) is 0 Å². The Labute approximate surface area is 399 Å². The molecule has 0 bridgehead atoms. The molecular weight excluding hydrogens is 985 g/mol. The van der Waals surface area contributed by atoms with Crippen molar-refractivity contribution in [2.75, 3.05) is 79.3 Å². The second-order valence-corrected chi connectivity index (χ2v) is 20.2. The second-order valence-electron chi connectivity index (χ2n) is 14.9. The molecule has 66 heavy (non-hydrogen) atoms. The van der Waals surface area contributed by atoms with Crippen LogP contribution < -0.4 is 56.8 Å². The van der Waals surface area contributed by atoms with Gasteiger partial charge >= 0.3 is 0 Å². The molecule has 18 nitrogen and oxygen atoms in total. The number of hydrogen-bond acceptors (Lipinski definition) is 24. The van der Waals surface area contributed by atoms with E-state index in [0.717, 1.165) is 29.3 Å². The molecule has 12 heterocycles. The van der Waals surface area contributed by atoms with Gasteiger partial charge in [0.15, 0.2) is 106 Å². The largest absolute Gasteiger partial charge is 0.485 e. The lowest BCUT2D eigenvalue weighted by Gasteiger charge is -2.25. The molecule has 0 fully saturated rings. The number of thiophene rings is 6. The molecular formula is C42H42O18S6. The zero-order valence-corrected chi connectivity index (χ0v) is 39.3. The van der Waals surface area contributed by atoms with Gasteiger partial charge in [0, 0.05) is 32.3 Å². The van der Waals surface area contributed by atoms with Gasteiger partial charge in [-0.05, 0) is 0 Å². The van der Waals surface area contributed by atoms with Crippen molar-refractivity contribution < 1.29 is 87.5 Å². The smallest absolute Gasteiger partial charge is 0.181 e. The van der Waals surface area contributed by atoms with E-state index in [4.69, 9.17) is 72.2 Å². The minimum Gasteiger partial charge on any atom is -0.485 e. The summed E-state index contributed by atoms with van der Waals surface area (Å²) in [6.45, 7) is 1.50. The zero-order valence-electron chi connectivity index (χ0n) is 34.4. The molecule has 6 atom stereocenters. The van der Waals surface area contributed by atoms with Crippen molar-refractivity contribution >= 4 is 68.0 Å². The third kappa shape index (κ3) is 8.89. The summed E-state index contributed by atoms with van der Waals surface area (Å²) in [5, 5.41) is 66.5. The number of aliphatic hydroxyl groups is 6. The standard InChI is InChI=1S/3C14H14O6S2/c15-1-7-4-18-11-10(19-7)6-22-13(11)14-12-9(5-21-14)17-3-8(2-16)20-12;15-1-7-3-17-11-9(19-7)5-21-13(11)14-12-10(6-22-14)20-8(2-16)4-18-12;15-1-7-3-17-9-5-21-13(11(9)19-7)14-12-10(6-22-14)18-4-8(2-16)20-12/h3*5-8,15-16H,1-4H2. The maximum absolute atomic E-state index is 9.26. The van der Waals surface area contributed by atoms with Crippen LogP contribution in [0.1, 0.15) is 0 Å². The molecule has 6 N–H and O–H groups in total. The molecule has 12 rings (SSSR count). The molecule has 0 aliphatic carbocycles. The minimum absolute atomic E-state index is 0.0709. The Kier molecular flexibility index (Phi) is 13.8. The molecule has 0 aromatic carbocycles. The van der Waals surface area contributed by atoms with E-state index >= 15 is 0 Å². The molecule has 0 saturated carbocycles. The van der Waals surface area contributed by atoms with E-state index in [1.807, 2.05) is 32.3 Å². The Morgan fingerprint density at radius 3 is 0.758 bits per heavy atom. The Balaban J connectivity index is 0.000000116. The van der Waals surface area contributed by atoms with E-state index in [1.165, 1.54) is 68.0 Å². The van der Waals surface area contributed by atoms with Gasteiger partial charge in [0.1, 0.15) is 39.6 Å². The molecule has 24 heteroatoms. The van der Waals surface area contributed by atoms with E-state index in [-0.39, 0.29) is 76.3 Å². The highest BCUT2D eigenvalue weighted by molar-refractivity contribution is 7.22. The SMILES string of the molecule is OCC1COc2c(csc2-c2scc3c2OC(CO)CO3)O1.OCC1COc2c(csc2-c2scc3c2OCC(CO)O3)O1.OCC1COc2csc(-c3scc4c3OC(CO)CO4)c2O1. The van der Waals surface area contributed by atoms with Crippen molar-refractivity contribution in [2.45, 2.75) is 36.6 Å². The van der Waals surface area contributed by atoms with Crippen LogP contribution in [0.25, 0.3) is 29.3 Å². The summed E-state index contributed by atoms with van der Waals surface area (Å²) in [7, 11) is 0. The van der Waals surface area contributed by atoms with Crippen LogP contribution in [0, 0.1) is 0 Å². The Bertz CT molecular complexity index is 2470. The highest BCUT2D eigenvalue weighted by Crippen LogP contribution is 2.57. The lowest BCUT2D eigenvalue weighted by molar-refractivity contribution is 0.0456. The molecule has 6 aromatic heterocycles. The molecule has 0 amide bonds.